The van der Waals surface area contributed by atoms with Gasteiger partial charge < -0.3 is 14.7 Å². The number of carbonyl (C=O) groups is 1. The molecular formula is C18H30N4O. The number of hydrogen-bond donors (Lipinski definition) is 0. The summed E-state index contributed by atoms with van der Waals surface area (Å²) in [5.74, 6) is 1.45. The first-order chi connectivity index (χ1) is 10.9. The highest BCUT2D eigenvalue weighted by atomic mass is 16.2. The fourth-order valence-electron chi connectivity index (χ4n) is 3.04. The SMILES string of the molecule is CC(C)CN(C(=O)c1ccc(N(C)C)nc1)C1CCN(C)CC1. The summed E-state index contributed by atoms with van der Waals surface area (Å²) >= 11 is 0. The van der Waals surface area contributed by atoms with E-state index in [1.807, 2.05) is 31.1 Å². The molecule has 0 spiro atoms. The van der Waals surface area contributed by atoms with Crippen LogP contribution in [-0.4, -0.2) is 67.5 Å². The predicted molar refractivity (Wildman–Crippen MR) is 95.0 cm³/mol. The molecule has 23 heavy (non-hydrogen) atoms. The van der Waals surface area contributed by atoms with Gasteiger partial charge in [0, 0.05) is 32.9 Å². The summed E-state index contributed by atoms with van der Waals surface area (Å²) < 4.78 is 0. The van der Waals surface area contributed by atoms with E-state index >= 15 is 0 Å². The zero-order valence-corrected chi connectivity index (χ0v) is 15.1. The molecule has 5 nitrogen and oxygen atoms in total. The molecule has 5 heteroatoms. The van der Waals surface area contributed by atoms with Gasteiger partial charge in [-0.05, 0) is 51.0 Å². The summed E-state index contributed by atoms with van der Waals surface area (Å²) in [7, 11) is 6.05. The third-order valence-electron chi connectivity index (χ3n) is 4.40. The first-order valence-electron chi connectivity index (χ1n) is 8.51. The van der Waals surface area contributed by atoms with Crippen LogP contribution < -0.4 is 4.90 Å². The average molecular weight is 318 g/mol. The van der Waals surface area contributed by atoms with E-state index in [4.69, 9.17) is 0 Å². The second-order valence-electron chi connectivity index (χ2n) is 7.19. The zero-order chi connectivity index (χ0) is 17.0. The van der Waals surface area contributed by atoms with Crippen molar-refractivity contribution in [1.82, 2.24) is 14.8 Å². The fourth-order valence-corrected chi connectivity index (χ4v) is 3.04. The van der Waals surface area contributed by atoms with Gasteiger partial charge in [-0.1, -0.05) is 13.8 Å². The topological polar surface area (TPSA) is 39.7 Å². The van der Waals surface area contributed by atoms with Crippen molar-refractivity contribution in [2.24, 2.45) is 5.92 Å². The fraction of sp³-hybridized carbons (Fsp3) is 0.667. The molecule has 128 valence electrons. The van der Waals surface area contributed by atoms with Gasteiger partial charge in [-0.25, -0.2) is 4.98 Å². The van der Waals surface area contributed by atoms with Gasteiger partial charge in [0.2, 0.25) is 0 Å². The summed E-state index contributed by atoms with van der Waals surface area (Å²) in [6, 6.07) is 4.15. The molecule has 0 aliphatic carbocycles. The van der Waals surface area contributed by atoms with Crippen molar-refractivity contribution in [3.63, 3.8) is 0 Å². The molecule has 2 rings (SSSR count). The first kappa shape index (κ1) is 17.7. The molecule has 0 unspecified atom stereocenters. The predicted octanol–water partition coefficient (Wildman–Crippen LogP) is 2.34. The smallest absolute Gasteiger partial charge is 0.255 e. The van der Waals surface area contributed by atoms with E-state index < -0.39 is 0 Å². The third kappa shape index (κ3) is 4.67. The maximum Gasteiger partial charge on any atom is 0.255 e. The molecule has 0 atom stereocenters. The number of amides is 1. The Morgan fingerprint density at radius 3 is 2.43 bits per heavy atom. The van der Waals surface area contributed by atoms with Crippen LogP contribution in [0.5, 0.6) is 0 Å². The minimum absolute atomic E-state index is 0.117. The number of aromatic nitrogens is 1. The Labute approximate surface area is 140 Å². The molecule has 1 fully saturated rings. The van der Waals surface area contributed by atoms with Gasteiger partial charge in [0.05, 0.1) is 5.56 Å². The van der Waals surface area contributed by atoms with E-state index in [2.05, 4.69) is 35.7 Å². The van der Waals surface area contributed by atoms with Crippen LogP contribution in [0.15, 0.2) is 18.3 Å². The Kier molecular flexibility index (Phi) is 5.99. The highest BCUT2D eigenvalue weighted by molar-refractivity contribution is 5.94. The van der Waals surface area contributed by atoms with E-state index in [0.29, 0.717) is 17.5 Å². The van der Waals surface area contributed by atoms with Crippen molar-refractivity contribution in [3.8, 4) is 0 Å². The number of rotatable bonds is 5. The van der Waals surface area contributed by atoms with Crippen molar-refractivity contribution in [1.29, 1.82) is 0 Å². The highest BCUT2D eigenvalue weighted by Gasteiger charge is 2.28. The number of likely N-dealkylation sites (tertiary alicyclic amines) is 1. The van der Waals surface area contributed by atoms with Crippen LogP contribution in [0.2, 0.25) is 0 Å². The molecule has 0 aromatic carbocycles. The Morgan fingerprint density at radius 1 is 1.30 bits per heavy atom. The molecule has 1 aliphatic rings. The van der Waals surface area contributed by atoms with Gasteiger partial charge in [-0.15, -0.1) is 0 Å². The van der Waals surface area contributed by atoms with E-state index in [1.54, 1.807) is 6.20 Å². The largest absolute Gasteiger partial charge is 0.363 e. The van der Waals surface area contributed by atoms with Gasteiger partial charge in [0.15, 0.2) is 0 Å². The number of pyridine rings is 1. The van der Waals surface area contributed by atoms with Crippen LogP contribution in [-0.2, 0) is 0 Å². The molecule has 0 radical (unpaired) electrons. The van der Waals surface area contributed by atoms with Crippen LogP contribution in [0.25, 0.3) is 0 Å². The van der Waals surface area contributed by atoms with E-state index in [-0.39, 0.29) is 5.91 Å². The number of piperidine rings is 1. The van der Waals surface area contributed by atoms with E-state index in [1.165, 1.54) is 0 Å². The Morgan fingerprint density at radius 2 is 1.96 bits per heavy atom. The van der Waals surface area contributed by atoms with Crippen LogP contribution in [0, 0.1) is 5.92 Å². The molecule has 0 bridgehead atoms. The summed E-state index contributed by atoms with van der Waals surface area (Å²) in [6.45, 7) is 7.27. The second-order valence-corrected chi connectivity index (χ2v) is 7.19. The highest BCUT2D eigenvalue weighted by Crippen LogP contribution is 2.20. The first-order valence-corrected chi connectivity index (χ1v) is 8.51. The lowest BCUT2D eigenvalue weighted by molar-refractivity contribution is 0.0559. The quantitative estimate of drug-likeness (QED) is 0.835. The van der Waals surface area contributed by atoms with Gasteiger partial charge in [-0.2, -0.15) is 0 Å². The van der Waals surface area contributed by atoms with Gasteiger partial charge in [0.1, 0.15) is 5.82 Å². The monoisotopic (exact) mass is 318 g/mol. The van der Waals surface area contributed by atoms with Crippen molar-refractivity contribution in [3.05, 3.63) is 23.9 Å². The van der Waals surface area contributed by atoms with Crippen molar-refractivity contribution < 1.29 is 4.79 Å². The maximum atomic E-state index is 13.0. The molecule has 1 saturated heterocycles. The van der Waals surface area contributed by atoms with Gasteiger partial charge in [0.25, 0.3) is 5.91 Å². The number of carbonyl (C=O) groups excluding carboxylic acids is 1. The zero-order valence-electron chi connectivity index (χ0n) is 15.1. The number of hydrogen-bond acceptors (Lipinski definition) is 4. The van der Waals surface area contributed by atoms with E-state index in [0.717, 1.165) is 38.3 Å². The second kappa shape index (κ2) is 7.77. The summed E-state index contributed by atoms with van der Waals surface area (Å²) in [5, 5.41) is 0. The molecule has 0 saturated carbocycles. The molecule has 1 amide bonds. The third-order valence-corrected chi connectivity index (χ3v) is 4.40. The summed E-state index contributed by atoms with van der Waals surface area (Å²) in [6.07, 6.45) is 3.82. The van der Waals surface area contributed by atoms with Crippen molar-refractivity contribution in [2.45, 2.75) is 32.7 Å². The molecule has 2 heterocycles. The average Bonchev–Trinajstić information content (AvgIpc) is 2.53. The molecule has 1 aliphatic heterocycles. The van der Waals surface area contributed by atoms with Gasteiger partial charge in [-0.3, -0.25) is 4.79 Å². The lowest BCUT2D eigenvalue weighted by Crippen LogP contribution is -2.47. The molecular weight excluding hydrogens is 288 g/mol. The van der Waals surface area contributed by atoms with Gasteiger partial charge >= 0.3 is 0 Å². The lowest BCUT2D eigenvalue weighted by Gasteiger charge is -2.38. The van der Waals surface area contributed by atoms with Crippen molar-refractivity contribution in [2.75, 3.05) is 45.7 Å². The molecule has 0 N–H and O–H groups in total. The molecule has 1 aromatic rings. The van der Waals surface area contributed by atoms with E-state index in [9.17, 15) is 4.79 Å². The summed E-state index contributed by atoms with van der Waals surface area (Å²) in [4.78, 5) is 23.7. The normalized spacial score (nSPS) is 16.6. The summed E-state index contributed by atoms with van der Waals surface area (Å²) in [5.41, 5.74) is 0.690. The molecule has 1 aromatic heterocycles. The standard InChI is InChI=1S/C18H30N4O/c1-14(2)13-22(16-8-10-21(5)11-9-16)18(23)15-6-7-17(19-12-15)20(3)4/h6-7,12,14,16H,8-11,13H2,1-5H3. The Balaban J connectivity index is 2.15. The van der Waals surface area contributed by atoms with Crippen LogP contribution in [0.3, 0.4) is 0 Å². The Hall–Kier alpha value is -1.62. The Bertz CT molecular complexity index is 504. The van der Waals surface area contributed by atoms with Crippen LogP contribution in [0.1, 0.15) is 37.0 Å². The lowest BCUT2D eigenvalue weighted by atomic mass is 10.0. The van der Waals surface area contributed by atoms with Crippen molar-refractivity contribution >= 4 is 11.7 Å². The number of anilines is 1. The van der Waals surface area contributed by atoms with Crippen LogP contribution in [0.4, 0.5) is 5.82 Å². The van der Waals surface area contributed by atoms with Crippen LogP contribution >= 0.6 is 0 Å². The maximum absolute atomic E-state index is 13.0. The number of nitrogens with zero attached hydrogens (tertiary/aromatic N) is 4. The minimum Gasteiger partial charge on any atom is -0.363 e. The minimum atomic E-state index is 0.117.